The molecule has 1 N–H and O–H groups in total. The van der Waals surface area contributed by atoms with Crippen molar-refractivity contribution in [1.82, 2.24) is 9.97 Å². The average molecular weight is 494 g/mol. The molecule has 2 aromatic heterocycles. The minimum atomic E-state index is -4.50. The van der Waals surface area contributed by atoms with Crippen molar-refractivity contribution in [2.45, 2.75) is 9.79 Å². The molecule has 11 heteroatoms. The Bertz CT molecular complexity index is 1620. The second kappa shape index (κ2) is 7.83. The first-order valence-electron chi connectivity index (χ1n) is 9.84. The smallest absolute Gasteiger partial charge is 0.289 e. The minimum absolute atomic E-state index is 0.0693. The quantitative estimate of drug-likeness (QED) is 0.368. The second-order valence-corrected chi connectivity index (χ2v) is 10.6. The Morgan fingerprint density at radius 1 is 0.618 bits per heavy atom. The van der Waals surface area contributed by atoms with Gasteiger partial charge in [0.25, 0.3) is 20.1 Å². The molecule has 34 heavy (non-hydrogen) atoms. The van der Waals surface area contributed by atoms with Crippen LogP contribution in [0.15, 0.2) is 95.2 Å². The molecule has 0 amide bonds. The molecule has 0 radical (unpaired) electrons. The molecule has 2 aromatic carbocycles. The number of rotatable bonds is 5. The predicted molar refractivity (Wildman–Crippen MR) is 123 cm³/mol. The van der Waals surface area contributed by atoms with Crippen LogP contribution >= 0.6 is 0 Å². The molecule has 9 nitrogen and oxygen atoms in total. The van der Waals surface area contributed by atoms with Crippen LogP contribution in [-0.2, 0) is 20.1 Å². The van der Waals surface area contributed by atoms with Crippen LogP contribution < -0.4 is 4.31 Å². The molecule has 0 spiro atoms. The molecular weight excluding hydrogens is 478 g/mol. The molecule has 1 aliphatic rings. The van der Waals surface area contributed by atoms with E-state index in [2.05, 4.69) is 9.97 Å². The number of carbonyl (C=O) groups is 1. The van der Waals surface area contributed by atoms with Gasteiger partial charge in [0.2, 0.25) is 0 Å². The topological polar surface area (TPSA) is 135 Å². The standard InChI is InChI=1S/C23H15N3O6S2/c27-23-21-13-17(1-3-19(21)20-4-2-18(14-22(20)23)34(30,31)32)33(28,29)26(15-5-9-24-10-6-15)16-7-11-25-12-8-16/h1-14H,(H,30,31,32). The zero-order valence-electron chi connectivity index (χ0n) is 17.2. The summed E-state index contributed by atoms with van der Waals surface area (Å²) in [4.78, 5) is 20.4. The fraction of sp³-hybridized carbons (Fsp3) is 0. The molecule has 0 atom stereocenters. The Morgan fingerprint density at radius 2 is 1.06 bits per heavy atom. The van der Waals surface area contributed by atoms with E-state index >= 15 is 0 Å². The van der Waals surface area contributed by atoms with Crippen LogP contribution in [0, 0.1) is 0 Å². The third-order valence-corrected chi connectivity index (χ3v) is 7.99. The number of anilines is 2. The Morgan fingerprint density at radius 3 is 1.53 bits per heavy atom. The van der Waals surface area contributed by atoms with E-state index in [4.69, 9.17) is 0 Å². The van der Waals surface area contributed by atoms with Gasteiger partial charge in [-0.05, 0) is 59.7 Å². The summed E-state index contributed by atoms with van der Waals surface area (Å²) < 4.78 is 61.0. The molecule has 0 fully saturated rings. The van der Waals surface area contributed by atoms with Crippen LogP contribution in [0.25, 0.3) is 11.1 Å². The second-order valence-electron chi connectivity index (χ2n) is 7.40. The summed E-state index contributed by atoms with van der Waals surface area (Å²) in [5, 5.41) is 0. The lowest BCUT2D eigenvalue weighted by Gasteiger charge is -2.24. The predicted octanol–water partition coefficient (Wildman–Crippen LogP) is 3.46. The Balaban J connectivity index is 1.64. The van der Waals surface area contributed by atoms with Gasteiger partial charge in [0.15, 0.2) is 5.78 Å². The summed E-state index contributed by atoms with van der Waals surface area (Å²) in [7, 11) is -8.69. The Hall–Kier alpha value is -3.93. The maximum Gasteiger partial charge on any atom is 0.294 e. The van der Waals surface area contributed by atoms with Crippen molar-refractivity contribution in [3.8, 4) is 11.1 Å². The third-order valence-electron chi connectivity index (χ3n) is 5.39. The summed E-state index contributed by atoms with van der Waals surface area (Å²) in [5.74, 6) is -0.535. The fourth-order valence-corrected chi connectivity index (χ4v) is 5.87. The van der Waals surface area contributed by atoms with Gasteiger partial charge in [-0.1, -0.05) is 12.1 Å². The average Bonchev–Trinajstić information content (AvgIpc) is 3.11. The van der Waals surface area contributed by atoms with Gasteiger partial charge >= 0.3 is 0 Å². The molecule has 0 bridgehead atoms. The van der Waals surface area contributed by atoms with E-state index in [-0.39, 0.29) is 16.0 Å². The number of nitrogens with zero attached hydrogens (tertiary/aromatic N) is 3. The first-order valence-corrected chi connectivity index (χ1v) is 12.7. The number of fused-ring (bicyclic) bond motifs is 3. The molecule has 1 aliphatic carbocycles. The van der Waals surface area contributed by atoms with E-state index < -0.39 is 30.8 Å². The molecule has 2 heterocycles. The van der Waals surface area contributed by atoms with Crippen molar-refractivity contribution in [3.05, 3.63) is 96.6 Å². The summed E-state index contributed by atoms with van der Waals surface area (Å²) >= 11 is 0. The summed E-state index contributed by atoms with van der Waals surface area (Å²) in [6, 6.07) is 14.0. The highest BCUT2D eigenvalue weighted by molar-refractivity contribution is 7.93. The van der Waals surface area contributed by atoms with Crippen LogP contribution in [0.5, 0.6) is 0 Å². The lowest BCUT2D eigenvalue weighted by atomic mass is 10.1. The van der Waals surface area contributed by atoms with Crippen LogP contribution in [0.4, 0.5) is 11.4 Å². The van der Waals surface area contributed by atoms with Crippen molar-refractivity contribution in [2.24, 2.45) is 0 Å². The molecule has 0 saturated heterocycles. The normalized spacial score (nSPS) is 12.8. The van der Waals surface area contributed by atoms with E-state index in [0.29, 0.717) is 22.5 Å². The first kappa shape index (κ1) is 21.9. The van der Waals surface area contributed by atoms with Crippen molar-refractivity contribution in [1.29, 1.82) is 0 Å². The zero-order valence-corrected chi connectivity index (χ0v) is 18.9. The number of pyridine rings is 2. The first-order chi connectivity index (χ1) is 16.2. The van der Waals surface area contributed by atoms with Gasteiger partial charge < -0.3 is 0 Å². The molecule has 5 rings (SSSR count). The van der Waals surface area contributed by atoms with Gasteiger partial charge in [0.1, 0.15) is 0 Å². The molecule has 0 unspecified atom stereocenters. The Kier molecular flexibility index (Phi) is 5.04. The van der Waals surface area contributed by atoms with Crippen LogP contribution in [0.3, 0.4) is 0 Å². The monoisotopic (exact) mass is 493 g/mol. The van der Waals surface area contributed by atoms with Gasteiger partial charge in [-0.15, -0.1) is 0 Å². The fourth-order valence-electron chi connectivity index (χ4n) is 3.85. The SMILES string of the molecule is O=C1c2cc(S(=O)(=O)O)ccc2-c2ccc(S(=O)(=O)N(c3ccncc3)c3ccncc3)cc21. The molecule has 0 aliphatic heterocycles. The van der Waals surface area contributed by atoms with E-state index in [0.717, 1.165) is 10.4 Å². The number of hydrogen-bond acceptors (Lipinski definition) is 7. The molecule has 0 saturated carbocycles. The molecule has 170 valence electrons. The van der Waals surface area contributed by atoms with Gasteiger partial charge in [-0.2, -0.15) is 8.42 Å². The van der Waals surface area contributed by atoms with Crippen LogP contribution in [-0.4, -0.2) is 37.1 Å². The van der Waals surface area contributed by atoms with Crippen LogP contribution in [0.2, 0.25) is 0 Å². The van der Waals surface area contributed by atoms with Gasteiger partial charge in [0.05, 0.1) is 21.2 Å². The van der Waals surface area contributed by atoms with Gasteiger partial charge in [-0.3, -0.25) is 19.3 Å². The van der Waals surface area contributed by atoms with Crippen molar-refractivity contribution < 1.29 is 26.2 Å². The summed E-state index contributed by atoms with van der Waals surface area (Å²) in [5.41, 5.74) is 1.80. The zero-order chi connectivity index (χ0) is 24.1. The van der Waals surface area contributed by atoms with Gasteiger partial charge in [0, 0.05) is 35.9 Å². The largest absolute Gasteiger partial charge is 0.294 e. The van der Waals surface area contributed by atoms with E-state index in [9.17, 15) is 26.2 Å². The Labute approximate surface area is 195 Å². The number of aromatic nitrogens is 2. The highest BCUT2D eigenvalue weighted by Crippen LogP contribution is 2.40. The van der Waals surface area contributed by atoms with Crippen molar-refractivity contribution in [2.75, 3.05) is 4.31 Å². The highest BCUT2D eigenvalue weighted by atomic mass is 32.2. The third kappa shape index (κ3) is 3.55. The van der Waals surface area contributed by atoms with Crippen molar-refractivity contribution in [3.63, 3.8) is 0 Å². The van der Waals surface area contributed by atoms with E-state index in [1.54, 1.807) is 24.3 Å². The summed E-state index contributed by atoms with van der Waals surface area (Å²) in [6.45, 7) is 0. The highest BCUT2D eigenvalue weighted by Gasteiger charge is 2.32. The number of sulfonamides is 1. The summed E-state index contributed by atoms with van der Waals surface area (Å²) in [6.07, 6.45) is 5.87. The van der Waals surface area contributed by atoms with Crippen molar-refractivity contribution >= 4 is 37.3 Å². The molecule has 4 aromatic rings. The minimum Gasteiger partial charge on any atom is -0.289 e. The van der Waals surface area contributed by atoms with E-state index in [1.165, 1.54) is 55.1 Å². The van der Waals surface area contributed by atoms with E-state index in [1.807, 2.05) is 0 Å². The number of ketones is 1. The lowest BCUT2D eigenvalue weighted by Crippen LogP contribution is -2.26. The maximum atomic E-state index is 13.8. The maximum absolute atomic E-state index is 13.8. The molecular formula is C23H15N3O6S2. The number of hydrogen-bond donors (Lipinski definition) is 1. The number of carbonyl (C=O) groups excluding carboxylic acids is 1. The van der Waals surface area contributed by atoms with Crippen LogP contribution in [0.1, 0.15) is 15.9 Å². The number of benzene rings is 2. The van der Waals surface area contributed by atoms with Gasteiger partial charge in [-0.25, -0.2) is 12.7 Å². The lowest BCUT2D eigenvalue weighted by molar-refractivity contribution is 0.104.